The van der Waals surface area contributed by atoms with Crippen LogP contribution < -0.4 is 0 Å². The Morgan fingerprint density at radius 3 is 2.62 bits per heavy atom. The van der Waals surface area contributed by atoms with Gasteiger partial charge in [0.1, 0.15) is 0 Å². The van der Waals surface area contributed by atoms with Gasteiger partial charge in [0.05, 0.1) is 5.25 Å². The molecule has 0 saturated carbocycles. The highest BCUT2D eigenvalue weighted by molar-refractivity contribution is 8.07. The summed E-state index contributed by atoms with van der Waals surface area (Å²) < 4.78 is 0. The molecule has 1 nitrogen and oxygen atoms in total. The van der Waals surface area contributed by atoms with E-state index >= 15 is 0 Å². The number of ketones is 1. The fraction of sp³-hybridized carbons (Fsp3) is 0.462. The van der Waals surface area contributed by atoms with E-state index in [0.29, 0.717) is 11.0 Å². The number of hydrogen-bond acceptors (Lipinski definition) is 3. The molecule has 0 aliphatic carbocycles. The molecule has 86 valence electrons. The molecule has 0 spiro atoms. The first-order chi connectivity index (χ1) is 7.70. The molecule has 16 heavy (non-hydrogen) atoms. The second kappa shape index (κ2) is 5.28. The van der Waals surface area contributed by atoms with Crippen LogP contribution in [0, 0.1) is 6.92 Å². The predicted octanol–water partition coefficient (Wildman–Crippen LogP) is 3.41. The first kappa shape index (κ1) is 12.1. The topological polar surface area (TPSA) is 17.1 Å². The van der Waals surface area contributed by atoms with E-state index in [9.17, 15) is 4.79 Å². The van der Waals surface area contributed by atoms with E-state index in [-0.39, 0.29) is 5.25 Å². The van der Waals surface area contributed by atoms with Crippen molar-refractivity contribution >= 4 is 29.3 Å². The Balaban J connectivity index is 2.21. The molecule has 1 fully saturated rings. The van der Waals surface area contributed by atoms with Gasteiger partial charge in [0, 0.05) is 22.3 Å². The maximum absolute atomic E-state index is 12.4. The Morgan fingerprint density at radius 2 is 1.94 bits per heavy atom. The van der Waals surface area contributed by atoms with E-state index in [2.05, 4.69) is 6.92 Å². The van der Waals surface area contributed by atoms with Crippen molar-refractivity contribution < 1.29 is 4.79 Å². The highest BCUT2D eigenvalue weighted by atomic mass is 32.2. The van der Waals surface area contributed by atoms with Gasteiger partial charge in [-0.3, -0.25) is 4.79 Å². The Bertz CT molecular complexity index is 389. The lowest BCUT2D eigenvalue weighted by molar-refractivity contribution is 0.0989. The van der Waals surface area contributed by atoms with E-state index in [4.69, 9.17) is 0 Å². The zero-order chi connectivity index (χ0) is 11.5. The highest BCUT2D eigenvalue weighted by Crippen LogP contribution is 2.33. The van der Waals surface area contributed by atoms with Crippen LogP contribution in [0.25, 0.3) is 0 Å². The Morgan fingerprint density at radius 1 is 1.25 bits per heavy atom. The molecule has 0 N–H and O–H groups in total. The smallest absolute Gasteiger partial charge is 0.177 e. The Kier molecular flexibility index (Phi) is 3.98. The second-order valence-electron chi connectivity index (χ2n) is 4.05. The molecule has 0 amide bonds. The van der Waals surface area contributed by atoms with Gasteiger partial charge in [-0.2, -0.15) is 11.8 Å². The second-order valence-corrected chi connectivity index (χ2v) is 6.78. The molecule has 1 aromatic carbocycles. The highest BCUT2D eigenvalue weighted by Gasteiger charge is 2.30. The summed E-state index contributed by atoms with van der Waals surface area (Å²) in [7, 11) is 0. The van der Waals surface area contributed by atoms with E-state index in [1.54, 1.807) is 0 Å². The number of carbonyl (C=O) groups excluding carboxylic acids is 1. The van der Waals surface area contributed by atoms with Crippen molar-refractivity contribution in [3.8, 4) is 0 Å². The van der Waals surface area contributed by atoms with Crippen molar-refractivity contribution in [3.05, 3.63) is 35.4 Å². The van der Waals surface area contributed by atoms with Gasteiger partial charge in [0.15, 0.2) is 5.78 Å². The van der Waals surface area contributed by atoms with Crippen molar-refractivity contribution in [2.75, 3.05) is 11.5 Å². The molecular weight excluding hydrogens is 236 g/mol. The quantitative estimate of drug-likeness (QED) is 0.751. The van der Waals surface area contributed by atoms with Crippen LogP contribution >= 0.6 is 23.5 Å². The fourth-order valence-electron chi connectivity index (χ4n) is 1.92. The van der Waals surface area contributed by atoms with Crippen LogP contribution in [0.4, 0.5) is 0 Å². The minimum atomic E-state index is 0.139. The van der Waals surface area contributed by atoms with Crippen LogP contribution in [-0.2, 0) is 0 Å². The number of benzene rings is 1. The number of Topliss-reactive ketones (excluding diaryl/α,β-unsaturated/α-hetero) is 1. The van der Waals surface area contributed by atoms with Crippen molar-refractivity contribution in [2.45, 2.75) is 24.3 Å². The van der Waals surface area contributed by atoms with Crippen molar-refractivity contribution in [1.29, 1.82) is 0 Å². The van der Waals surface area contributed by atoms with E-state index < -0.39 is 0 Å². The zero-order valence-electron chi connectivity index (χ0n) is 9.60. The van der Waals surface area contributed by atoms with Crippen LogP contribution in [0.3, 0.4) is 0 Å². The third-order valence-corrected chi connectivity index (χ3v) is 5.95. The maximum Gasteiger partial charge on any atom is 0.177 e. The first-order valence-corrected chi connectivity index (χ1v) is 7.63. The molecule has 0 aromatic heterocycles. The predicted molar refractivity (Wildman–Crippen MR) is 73.7 cm³/mol. The van der Waals surface area contributed by atoms with Crippen LogP contribution in [0.15, 0.2) is 24.3 Å². The molecule has 1 aliphatic rings. The lowest BCUT2D eigenvalue weighted by atomic mass is 10.0. The largest absolute Gasteiger partial charge is 0.293 e. The van der Waals surface area contributed by atoms with Crippen LogP contribution in [0.5, 0.6) is 0 Å². The van der Waals surface area contributed by atoms with Crippen LogP contribution in [-0.4, -0.2) is 27.8 Å². The number of hydrogen-bond donors (Lipinski definition) is 0. The summed E-state index contributed by atoms with van der Waals surface area (Å²) in [4.78, 5) is 12.4. The molecule has 0 radical (unpaired) electrons. The minimum absolute atomic E-state index is 0.139. The van der Waals surface area contributed by atoms with Crippen LogP contribution in [0.1, 0.15) is 22.8 Å². The number of thioether (sulfide) groups is 2. The molecule has 1 aliphatic heterocycles. The Hall–Kier alpha value is -0.410. The molecular formula is C13H16OS2. The number of carbonyl (C=O) groups is 1. The van der Waals surface area contributed by atoms with Crippen molar-refractivity contribution in [1.82, 2.24) is 0 Å². The van der Waals surface area contributed by atoms with Crippen molar-refractivity contribution in [3.63, 3.8) is 0 Å². The van der Waals surface area contributed by atoms with Gasteiger partial charge >= 0.3 is 0 Å². The molecule has 1 saturated heterocycles. The van der Waals surface area contributed by atoms with E-state index in [0.717, 1.165) is 16.9 Å². The zero-order valence-corrected chi connectivity index (χ0v) is 11.2. The van der Waals surface area contributed by atoms with Gasteiger partial charge in [0.2, 0.25) is 0 Å². The molecule has 0 bridgehead atoms. The molecule has 3 heteroatoms. The fourth-order valence-corrected chi connectivity index (χ4v) is 4.64. The first-order valence-electron chi connectivity index (χ1n) is 5.53. The summed E-state index contributed by atoms with van der Waals surface area (Å²) in [5.41, 5.74) is 1.99. The summed E-state index contributed by atoms with van der Waals surface area (Å²) in [5.74, 6) is 2.57. The summed E-state index contributed by atoms with van der Waals surface area (Å²) in [6.45, 7) is 4.18. The third kappa shape index (κ3) is 2.46. The lowest BCUT2D eigenvalue weighted by Gasteiger charge is -2.27. The maximum atomic E-state index is 12.4. The third-order valence-electron chi connectivity index (χ3n) is 2.86. The summed E-state index contributed by atoms with van der Waals surface area (Å²) in [6.07, 6.45) is 0. The van der Waals surface area contributed by atoms with E-state index in [1.165, 1.54) is 5.75 Å². The van der Waals surface area contributed by atoms with Gasteiger partial charge in [-0.05, 0) is 12.5 Å². The average Bonchev–Trinajstić information content (AvgIpc) is 2.29. The van der Waals surface area contributed by atoms with Crippen LogP contribution in [0.2, 0.25) is 0 Å². The normalized spacial score (nSPS) is 25.4. The summed E-state index contributed by atoms with van der Waals surface area (Å²) >= 11 is 3.73. The average molecular weight is 252 g/mol. The van der Waals surface area contributed by atoms with Gasteiger partial charge in [-0.15, -0.1) is 11.8 Å². The number of aryl methyl sites for hydroxylation is 1. The van der Waals surface area contributed by atoms with Gasteiger partial charge in [-0.1, -0.05) is 31.2 Å². The molecule has 1 aromatic rings. The monoisotopic (exact) mass is 252 g/mol. The molecule has 2 unspecified atom stereocenters. The number of rotatable bonds is 2. The van der Waals surface area contributed by atoms with E-state index in [1.807, 2.05) is 54.7 Å². The lowest BCUT2D eigenvalue weighted by Crippen LogP contribution is -2.31. The summed E-state index contributed by atoms with van der Waals surface area (Å²) in [5, 5.41) is 0.575. The standard InChI is InChI=1S/C13H16OS2/c1-9-5-3-4-6-11(9)12(14)13-10(2)15-7-8-16-13/h3-6,10,13H,7-8H2,1-2H3. The molecule has 2 atom stereocenters. The minimum Gasteiger partial charge on any atom is -0.293 e. The molecule has 2 rings (SSSR count). The van der Waals surface area contributed by atoms with Gasteiger partial charge < -0.3 is 0 Å². The SMILES string of the molecule is Cc1ccccc1C(=O)C1SCCSC1C. The summed E-state index contributed by atoms with van der Waals surface area (Å²) in [6, 6.07) is 7.90. The molecule has 1 heterocycles. The Labute approximate surface area is 105 Å². The van der Waals surface area contributed by atoms with Crippen molar-refractivity contribution in [2.24, 2.45) is 0 Å². The van der Waals surface area contributed by atoms with Gasteiger partial charge in [-0.25, -0.2) is 0 Å². The van der Waals surface area contributed by atoms with Gasteiger partial charge in [0.25, 0.3) is 0 Å².